The molecular weight excluding hydrogens is 471 g/mol. The van der Waals surface area contributed by atoms with E-state index in [0.29, 0.717) is 11.6 Å². The smallest absolute Gasteiger partial charge is 0.233 e. The predicted molar refractivity (Wildman–Crippen MR) is 130 cm³/mol. The maximum Gasteiger partial charge on any atom is 0.233 e. The van der Waals surface area contributed by atoms with Gasteiger partial charge in [0.25, 0.3) is 0 Å². The summed E-state index contributed by atoms with van der Waals surface area (Å²) < 4.78 is 23.9. The molecule has 3 aromatic heterocycles. The van der Waals surface area contributed by atoms with E-state index in [2.05, 4.69) is 11.1 Å². The SMILES string of the molecule is CC[C@H](C)N(C(=O)CSc1nc(-c2cccs2)c(-c2cccs2)[nH]1)[C@@H]1CCS(=O)(=O)C1. The molecule has 1 aliphatic rings. The van der Waals surface area contributed by atoms with Crippen LogP contribution in [0.5, 0.6) is 0 Å². The van der Waals surface area contributed by atoms with E-state index in [1.54, 1.807) is 27.6 Å². The number of hydrogen-bond donors (Lipinski definition) is 1. The number of sulfone groups is 1. The number of hydrogen-bond acceptors (Lipinski definition) is 7. The van der Waals surface area contributed by atoms with Gasteiger partial charge >= 0.3 is 0 Å². The number of imidazole rings is 1. The lowest BCUT2D eigenvalue weighted by molar-refractivity contribution is -0.132. The average molecular weight is 496 g/mol. The quantitative estimate of drug-likeness (QED) is 0.455. The zero-order chi connectivity index (χ0) is 22.0. The number of amides is 1. The topological polar surface area (TPSA) is 83.1 Å². The first kappa shape index (κ1) is 22.6. The number of rotatable bonds is 8. The molecule has 0 saturated carbocycles. The number of nitrogens with one attached hydrogen (secondary N) is 1. The van der Waals surface area contributed by atoms with Gasteiger partial charge in [-0.1, -0.05) is 30.8 Å². The molecule has 1 N–H and O–H groups in total. The second kappa shape index (κ2) is 9.48. The lowest BCUT2D eigenvalue weighted by Crippen LogP contribution is -2.47. The van der Waals surface area contributed by atoms with Crippen molar-refractivity contribution in [3.63, 3.8) is 0 Å². The Bertz CT molecular complexity index is 1070. The minimum atomic E-state index is -3.05. The van der Waals surface area contributed by atoms with Crippen LogP contribution in [0.1, 0.15) is 26.7 Å². The van der Waals surface area contributed by atoms with Crippen LogP contribution in [-0.2, 0) is 14.6 Å². The zero-order valence-electron chi connectivity index (χ0n) is 17.4. The van der Waals surface area contributed by atoms with E-state index in [-0.39, 0.29) is 35.2 Å². The first-order chi connectivity index (χ1) is 14.9. The Balaban J connectivity index is 1.53. The molecule has 6 nitrogen and oxygen atoms in total. The molecule has 1 fully saturated rings. The van der Waals surface area contributed by atoms with Gasteiger partial charge in [-0.15, -0.1) is 22.7 Å². The van der Waals surface area contributed by atoms with Crippen LogP contribution in [-0.4, -0.2) is 58.5 Å². The van der Waals surface area contributed by atoms with Gasteiger partial charge in [0.15, 0.2) is 15.0 Å². The first-order valence-corrected chi connectivity index (χ1v) is 14.8. The molecule has 1 amide bonds. The maximum absolute atomic E-state index is 13.1. The summed E-state index contributed by atoms with van der Waals surface area (Å²) in [5.74, 6) is 0.424. The Hall–Kier alpha value is -1.62. The molecule has 0 aromatic carbocycles. The summed E-state index contributed by atoms with van der Waals surface area (Å²) in [6.07, 6.45) is 1.31. The molecular formula is C21H25N3O3S4. The van der Waals surface area contributed by atoms with Gasteiger partial charge in [0.1, 0.15) is 5.69 Å². The highest BCUT2D eigenvalue weighted by Gasteiger charge is 2.36. The van der Waals surface area contributed by atoms with E-state index in [0.717, 1.165) is 27.6 Å². The first-order valence-electron chi connectivity index (χ1n) is 10.2. The molecule has 0 unspecified atom stereocenters. The summed E-state index contributed by atoms with van der Waals surface area (Å²) in [6.45, 7) is 4.01. The van der Waals surface area contributed by atoms with Gasteiger partial charge in [0, 0.05) is 12.1 Å². The molecule has 2 atom stereocenters. The molecule has 166 valence electrons. The van der Waals surface area contributed by atoms with E-state index in [1.807, 2.05) is 42.8 Å². The van der Waals surface area contributed by atoms with Crippen molar-refractivity contribution in [1.82, 2.24) is 14.9 Å². The Labute approximate surface area is 195 Å². The molecule has 0 spiro atoms. The second-order valence-corrected chi connectivity index (χ2v) is 12.7. The van der Waals surface area contributed by atoms with Crippen LogP contribution in [0.25, 0.3) is 21.1 Å². The van der Waals surface area contributed by atoms with Crippen molar-refractivity contribution in [2.24, 2.45) is 0 Å². The molecule has 4 rings (SSSR count). The van der Waals surface area contributed by atoms with E-state index in [9.17, 15) is 13.2 Å². The third-order valence-corrected chi connectivity index (χ3v) is 9.86. The summed E-state index contributed by atoms with van der Waals surface area (Å²) >= 11 is 4.65. The summed E-state index contributed by atoms with van der Waals surface area (Å²) in [5.41, 5.74) is 1.86. The molecule has 3 aromatic rings. The predicted octanol–water partition coefficient (Wildman–Crippen LogP) is 4.77. The van der Waals surface area contributed by atoms with Gasteiger partial charge in [-0.2, -0.15) is 0 Å². The zero-order valence-corrected chi connectivity index (χ0v) is 20.7. The molecule has 0 aliphatic carbocycles. The standard InChI is InChI=1S/C21H25N3O3S4/c1-3-14(2)24(15-8-11-31(26,27)13-15)18(25)12-30-21-22-19(16-6-4-9-28-16)20(23-21)17-7-5-10-29-17/h4-7,9-10,14-15H,3,8,11-13H2,1-2H3,(H,22,23)/t14-,15+/m0/s1. The van der Waals surface area contributed by atoms with Crippen molar-refractivity contribution in [3.05, 3.63) is 35.0 Å². The van der Waals surface area contributed by atoms with Crippen molar-refractivity contribution in [2.75, 3.05) is 17.3 Å². The number of H-pyrrole nitrogens is 1. The van der Waals surface area contributed by atoms with Crippen LogP contribution in [0.15, 0.2) is 40.2 Å². The second-order valence-electron chi connectivity index (χ2n) is 7.62. The molecule has 0 bridgehead atoms. The van der Waals surface area contributed by atoms with E-state index in [1.165, 1.54) is 11.8 Å². The number of nitrogens with zero attached hydrogens (tertiary/aromatic N) is 2. The van der Waals surface area contributed by atoms with Crippen molar-refractivity contribution in [2.45, 2.75) is 43.9 Å². The van der Waals surface area contributed by atoms with Gasteiger partial charge in [-0.3, -0.25) is 4.79 Å². The number of aromatic nitrogens is 2. The van der Waals surface area contributed by atoms with Crippen molar-refractivity contribution >= 4 is 50.2 Å². The van der Waals surface area contributed by atoms with Crippen LogP contribution >= 0.6 is 34.4 Å². The lowest BCUT2D eigenvalue weighted by atomic mass is 10.1. The highest BCUT2D eigenvalue weighted by atomic mass is 32.2. The number of thioether (sulfide) groups is 1. The minimum Gasteiger partial charge on any atom is -0.335 e. The van der Waals surface area contributed by atoms with Crippen LogP contribution in [0, 0.1) is 0 Å². The normalized spacial score (nSPS) is 18.8. The summed E-state index contributed by atoms with van der Waals surface area (Å²) in [5, 5.41) is 4.76. The Morgan fingerprint density at radius 2 is 2.00 bits per heavy atom. The van der Waals surface area contributed by atoms with Gasteiger partial charge in [0.05, 0.1) is 32.7 Å². The highest BCUT2D eigenvalue weighted by Crippen LogP contribution is 2.37. The van der Waals surface area contributed by atoms with Crippen molar-refractivity contribution in [3.8, 4) is 21.1 Å². The highest BCUT2D eigenvalue weighted by molar-refractivity contribution is 7.99. The number of carbonyl (C=O) groups excluding carboxylic acids is 1. The Morgan fingerprint density at radius 1 is 1.29 bits per heavy atom. The van der Waals surface area contributed by atoms with Gasteiger partial charge in [0.2, 0.25) is 5.91 Å². The largest absolute Gasteiger partial charge is 0.335 e. The average Bonchev–Trinajstić information content (AvgIpc) is 3.51. The number of thiophene rings is 2. The van der Waals surface area contributed by atoms with E-state index in [4.69, 9.17) is 4.98 Å². The lowest BCUT2D eigenvalue weighted by Gasteiger charge is -2.33. The monoisotopic (exact) mass is 495 g/mol. The number of aromatic amines is 1. The molecule has 1 saturated heterocycles. The maximum atomic E-state index is 13.1. The fourth-order valence-electron chi connectivity index (χ4n) is 3.82. The molecule has 10 heteroatoms. The summed E-state index contributed by atoms with van der Waals surface area (Å²) in [4.78, 5) is 25.3. The summed E-state index contributed by atoms with van der Waals surface area (Å²) in [6, 6.07) is 7.89. The van der Waals surface area contributed by atoms with Gasteiger partial charge < -0.3 is 9.88 Å². The van der Waals surface area contributed by atoms with Crippen molar-refractivity contribution < 1.29 is 13.2 Å². The van der Waals surface area contributed by atoms with Crippen molar-refractivity contribution in [1.29, 1.82) is 0 Å². The van der Waals surface area contributed by atoms with Crippen LogP contribution in [0.4, 0.5) is 0 Å². The van der Waals surface area contributed by atoms with Gasteiger partial charge in [-0.25, -0.2) is 13.4 Å². The third-order valence-electron chi connectivity index (χ3n) is 5.49. The molecule has 1 aliphatic heterocycles. The molecule has 0 radical (unpaired) electrons. The van der Waals surface area contributed by atoms with Crippen LogP contribution < -0.4 is 0 Å². The van der Waals surface area contributed by atoms with Gasteiger partial charge in [-0.05, 0) is 42.7 Å². The van der Waals surface area contributed by atoms with Crippen LogP contribution in [0.2, 0.25) is 0 Å². The van der Waals surface area contributed by atoms with Crippen LogP contribution in [0.3, 0.4) is 0 Å². The summed E-state index contributed by atoms with van der Waals surface area (Å²) in [7, 11) is -3.05. The van der Waals surface area contributed by atoms with E-state index >= 15 is 0 Å². The third kappa shape index (κ3) is 5.08. The fraction of sp³-hybridized carbons (Fsp3) is 0.429. The fourth-order valence-corrected chi connectivity index (χ4v) is 7.71. The van der Waals surface area contributed by atoms with E-state index < -0.39 is 9.84 Å². The Kier molecular flexibility index (Phi) is 6.90. The molecule has 4 heterocycles. The number of carbonyl (C=O) groups is 1. The molecule has 31 heavy (non-hydrogen) atoms. The minimum absolute atomic E-state index is 0.00589. The Morgan fingerprint density at radius 3 is 2.58 bits per heavy atom.